The van der Waals surface area contributed by atoms with Gasteiger partial charge in [0.15, 0.2) is 0 Å². The highest BCUT2D eigenvalue weighted by molar-refractivity contribution is 5.99. The van der Waals surface area contributed by atoms with Crippen molar-refractivity contribution in [3.63, 3.8) is 0 Å². The number of aromatic nitrogens is 3. The van der Waals surface area contributed by atoms with E-state index in [1.165, 1.54) is 0 Å². The van der Waals surface area contributed by atoms with Crippen LogP contribution < -0.4 is 0 Å². The van der Waals surface area contributed by atoms with Crippen molar-refractivity contribution in [2.24, 2.45) is 0 Å². The van der Waals surface area contributed by atoms with Crippen LogP contribution in [0.3, 0.4) is 0 Å². The van der Waals surface area contributed by atoms with E-state index in [-0.39, 0.29) is 11.1 Å². The van der Waals surface area contributed by atoms with E-state index < -0.39 is 11.9 Å². The number of aromatic carboxylic acids is 2. The van der Waals surface area contributed by atoms with E-state index in [1.54, 1.807) is 48.5 Å². The molecule has 270 valence electrons. The molecule has 3 N–H and O–H groups in total. The molecule has 2 aliphatic rings. The number of nitrogens with one attached hydrogen (secondary N) is 1. The number of carboxylic acids is 2. The lowest BCUT2D eigenvalue weighted by atomic mass is 10.0. The SMILES string of the molecule is Cc1ccc(-c2c3nc(c(-c4ccc(C(=O)O)cc4)c4ccc(o4)c(-c4ccc(C(=O)O)cc4)c4nc(c(-c5ccc(C)cc5)c5ccc2[nH]5)C=C4)C=C3)cc1. The largest absolute Gasteiger partial charge is 0.478 e. The molecule has 9 rings (SSSR count). The van der Waals surface area contributed by atoms with Crippen molar-refractivity contribution in [3.8, 4) is 44.5 Å². The number of aromatic amines is 1. The van der Waals surface area contributed by atoms with Crippen molar-refractivity contribution in [1.82, 2.24) is 15.0 Å². The van der Waals surface area contributed by atoms with Gasteiger partial charge in [-0.25, -0.2) is 19.6 Å². The first-order chi connectivity index (χ1) is 27.2. The van der Waals surface area contributed by atoms with Crippen molar-refractivity contribution in [2.45, 2.75) is 13.8 Å². The zero-order chi connectivity index (χ0) is 38.5. The molecule has 0 atom stereocenters. The molecule has 3 aromatic heterocycles. The minimum absolute atomic E-state index is 0.164. The van der Waals surface area contributed by atoms with Gasteiger partial charge >= 0.3 is 11.9 Å². The molecule has 7 aromatic rings. The lowest BCUT2D eigenvalue weighted by Gasteiger charge is -2.07. The van der Waals surface area contributed by atoms with Crippen LogP contribution in [0.25, 0.3) is 91.0 Å². The molecule has 0 unspecified atom stereocenters. The molecule has 0 amide bonds. The Morgan fingerprint density at radius 1 is 0.446 bits per heavy atom. The number of aryl methyl sites for hydroxylation is 2. The van der Waals surface area contributed by atoms with E-state index in [4.69, 9.17) is 14.4 Å². The molecule has 0 saturated carbocycles. The second kappa shape index (κ2) is 13.7. The van der Waals surface area contributed by atoms with Crippen LogP contribution in [-0.4, -0.2) is 37.1 Å². The fourth-order valence-corrected chi connectivity index (χ4v) is 7.29. The third-order valence-electron chi connectivity index (χ3n) is 10.1. The predicted octanol–water partition coefficient (Wildman–Crippen LogP) is 11.6. The molecule has 0 radical (unpaired) electrons. The second-order valence-corrected chi connectivity index (χ2v) is 13.9. The molecule has 56 heavy (non-hydrogen) atoms. The van der Waals surface area contributed by atoms with Gasteiger partial charge in [0, 0.05) is 22.2 Å². The third kappa shape index (κ3) is 6.19. The van der Waals surface area contributed by atoms with Crippen LogP contribution in [-0.2, 0) is 0 Å². The summed E-state index contributed by atoms with van der Waals surface area (Å²) in [6.45, 7) is 4.12. The summed E-state index contributed by atoms with van der Waals surface area (Å²) >= 11 is 0. The maximum Gasteiger partial charge on any atom is 0.335 e. The van der Waals surface area contributed by atoms with Crippen molar-refractivity contribution in [3.05, 3.63) is 166 Å². The molecular weight excluding hydrogens is 699 g/mol. The zero-order valence-electron chi connectivity index (χ0n) is 30.4. The highest BCUT2D eigenvalue weighted by Gasteiger charge is 2.20. The molecule has 2 aliphatic heterocycles. The Hall–Kier alpha value is -7.58. The Balaban J connectivity index is 1.44. The van der Waals surface area contributed by atoms with Crippen LogP contribution in [0, 0.1) is 13.8 Å². The Morgan fingerprint density at radius 3 is 1.12 bits per heavy atom. The van der Waals surface area contributed by atoms with Crippen LogP contribution >= 0.6 is 0 Å². The summed E-state index contributed by atoms with van der Waals surface area (Å²) in [5, 5.41) is 19.3. The van der Waals surface area contributed by atoms with Crippen molar-refractivity contribution >= 4 is 58.4 Å². The Labute approximate surface area is 321 Å². The fraction of sp³-hybridized carbons (Fsp3) is 0.0417. The first kappa shape index (κ1) is 34.2. The maximum atomic E-state index is 11.8. The monoisotopic (exact) mass is 731 g/mol. The first-order valence-corrected chi connectivity index (χ1v) is 18.1. The molecule has 0 fully saturated rings. The van der Waals surface area contributed by atoms with Gasteiger partial charge < -0.3 is 19.6 Å². The molecule has 0 saturated heterocycles. The molecule has 0 aliphatic carbocycles. The van der Waals surface area contributed by atoms with Crippen molar-refractivity contribution < 1.29 is 24.2 Å². The van der Waals surface area contributed by atoms with Gasteiger partial charge in [-0.1, -0.05) is 83.9 Å². The van der Waals surface area contributed by atoms with Gasteiger partial charge in [0.05, 0.1) is 45.0 Å². The summed E-state index contributed by atoms with van der Waals surface area (Å²) < 4.78 is 6.78. The van der Waals surface area contributed by atoms with Crippen LogP contribution in [0.2, 0.25) is 0 Å². The van der Waals surface area contributed by atoms with Gasteiger partial charge in [0.1, 0.15) is 11.2 Å². The lowest BCUT2D eigenvalue weighted by Crippen LogP contribution is -1.95. The van der Waals surface area contributed by atoms with E-state index in [2.05, 4.69) is 79.5 Å². The zero-order valence-corrected chi connectivity index (χ0v) is 30.4. The maximum absolute atomic E-state index is 11.8. The molecule has 4 aromatic carbocycles. The number of nitrogens with zero attached hydrogens (tertiary/aromatic N) is 2. The minimum atomic E-state index is -1.02. The van der Waals surface area contributed by atoms with E-state index in [0.717, 1.165) is 66.9 Å². The van der Waals surface area contributed by atoms with Gasteiger partial charge in [-0.3, -0.25) is 0 Å². The number of rotatable bonds is 6. The molecular formula is C48H33N3O5. The molecule has 5 heterocycles. The topological polar surface area (TPSA) is 129 Å². The molecule has 0 spiro atoms. The number of benzene rings is 4. The fourth-order valence-electron chi connectivity index (χ4n) is 7.29. The summed E-state index contributed by atoms with van der Waals surface area (Å²) in [5.41, 5.74) is 14.7. The van der Waals surface area contributed by atoms with Crippen LogP contribution in [0.5, 0.6) is 0 Å². The Bertz CT molecular complexity index is 2750. The summed E-state index contributed by atoms with van der Waals surface area (Å²) in [7, 11) is 0. The Morgan fingerprint density at radius 2 is 0.768 bits per heavy atom. The van der Waals surface area contributed by atoms with Crippen LogP contribution in [0.4, 0.5) is 0 Å². The highest BCUT2D eigenvalue weighted by atomic mass is 16.4. The number of carbonyl (C=O) groups is 2. The predicted molar refractivity (Wildman–Crippen MR) is 222 cm³/mol. The standard InChI is InChI=1S/C48H33N3O5/c1-27-3-7-29(8-4-27)43-35-19-20-36(49-35)44(30-9-5-28(2)6-10-30)38-22-24-40(51-38)46(32-13-17-34(18-14-32)48(54)55)42-26-25-41(56-42)45(39-23-21-37(43)50-39)31-11-15-33(16-12-31)47(52)53/h3-26,49H,1-2H3,(H,52,53)(H,54,55). The summed E-state index contributed by atoms with van der Waals surface area (Å²) in [6.07, 6.45) is 7.90. The molecule has 8 heteroatoms. The van der Waals surface area contributed by atoms with E-state index >= 15 is 0 Å². The average molecular weight is 732 g/mol. The first-order valence-electron chi connectivity index (χ1n) is 18.1. The van der Waals surface area contributed by atoms with E-state index in [9.17, 15) is 19.8 Å². The van der Waals surface area contributed by atoms with Crippen molar-refractivity contribution in [1.29, 1.82) is 0 Å². The van der Waals surface area contributed by atoms with E-state index in [1.807, 2.05) is 36.4 Å². The van der Waals surface area contributed by atoms with Crippen molar-refractivity contribution in [2.75, 3.05) is 0 Å². The summed E-state index contributed by atoms with van der Waals surface area (Å²) in [4.78, 5) is 37.9. The van der Waals surface area contributed by atoms with Gasteiger partial charge in [-0.2, -0.15) is 0 Å². The number of fused-ring (bicyclic) bond motifs is 8. The second-order valence-electron chi connectivity index (χ2n) is 13.9. The molecule has 8 nitrogen and oxygen atoms in total. The Kier molecular flexibility index (Phi) is 8.36. The number of hydrogen-bond donors (Lipinski definition) is 3. The minimum Gasteiger partial charge on any atom is -0.478 e. The number of H-pyrrole nitrogens is 1. The third-order valence-corrected chi connectivity index (χ3v) is 10.1. The quantitative estimate of drug-likeness (QED) is 0.155. The average Bonchev–Trinajstić information content (AvgIpc) is 4.05. The normalized spacial score (nSPS) is 11.9. The van der Waals surface area contributed by atoms with Gasteiger partial charge in [-0.15, -0.1) is 0 Å². The summed E-state index contributed by atoms with van der Waals surface area (Å²) in [5.74, 6) is -2.04. The van der Waals surface area contributed by atoms with E-state index in [0.29, 0.717) is 33.7 Å². The number of furan rings is 1. The smallest absolute Gasteiger partial charge is 0.335 e. The highest BCUT2D eigenvalue weighted by Crippen LogP contribution is 2.39. The van der Waals surface area contributed by atoms with Gasteiger partial charge in [-0.05, 0) is 109 Å². The van der Waals surface area contributed by atoms with Gasteiger partial charge in [0.2, 0.25) is 0 Å². The number of hydrogen-bond acceptors (Lipinski definition) is 5. The molecule has 8 bridgehead atoms. The number of carboxylic acid groups (broad SMARTS) is 2. The van der Waals surface area contributed by atoms with Crippen LogP contribution in [0.1, 0.15) is 54.6 Å². The van der Waals surface area contributed by atoms with Crippen LogP contribution in [0.15, 0.2) is 126 Å². The lowest BCUT2D eigenvalue weighted by molar-refractivity contribution is 0.0686. The van der Waals surface area contributed by atoms with Gasteiger partial charge in [0.25, 0.3) is 0 Å². The summed E-state index contributed by atoms with van der Waals surface area (Å²) in [6, 6.07) is 38.0.